The first-order chi connectivity index (χ1) is 9.65. The van der Waals surface area contributed by atoms with Gasteiger partial charge in [-0.2, -0.15) is 4.98 Å². The van der Waals surface area contributed by atoms with Crippen molar-refractivity contribution in [3.63, 3.8) is 0 Å². The van der Waals surface area contributed by atoms with Crippen LogP contribution in [0.15, 0.2) is 16.7 Å². The molecule has 0 atom stereocenters. The molecule has 3 rings (SSSR count). The van der Waals surface area contributed by atoms with Gasteiger partial charge in [-0.15, -0.1) is 0 Å². The predicted octanol–water partition coefficient (Wildman–Crippen LogP) is 1.77. The number of hydrogen-bond acceptors (Lipinski definition) is 6. The third-order valence-electron chi connectivity index (χ3n) is 3.47. The molecule has 0 amide bonds. The van der Waals surface area contributed by atoms with Gasteiger partial charge in [0.2, 0.25) is 0 Å². The number of ether oxygens (including phenoxy) is 1. The number of rotatable bonds is 2. The van der Waals surface area contributed by atoms with Crippen LogP contribution in [-0.2, 0) is 4.74 Å². The normalized spacial score (nSPS) is 15.6. The maximum Gasteiger partial charge on any atom is 0.266 e. The molecule has 0 unspecified atom stereocenters. The predicted molar refractivity (Wildman–Crippen MR) is 76.7 cm³/mol. The highest BCUT2D eigenvalue weighted by molar-refractivity contribution is 5.74. The molecule has 2 N–H and O–H groups in total. The maximum atomic E-state index is 6.11. The summed E-state index contributed by atoms with van der Waals surface area (Å²) >= 11 is 0. The maximum absolute atomic E-state index is 6.11. The first-order valence-corrected chi connectivity index (χ1v) is 6.68. The Labute approximate surface area is 117 Å². The lowest BCUT2D eigenvalue weighted by molar-refractivity contribution is 0.121. The van der Waals surface area contributed by atoms with Crippen molar-refractivity contribution in [2.75, 3.05) is 36.9 Å². The molecule has 2 heterocycles. The Morgan fingerprint density at radius 3 is 2.70 bits per heavy atom. The summed E-state index contributed by atoms with van der Waals surface area (Å²) in [6, 6.07) is 4.01. The first kappa shape index (κ1) is 12.9. The summed E-state index contributed by atoms with van der Waals surface area (Å²) in [6.07, 6.45) is 0. The number of nitrogen functional groups attached to an aromatic ring is 1. The summed E-state index contributed by atoms with van der Waals surface area (Å²) in [4.78, 5) is 6.51. The lowest BCUT2D eigenvalue weighted by Gasteiger charge is -2.24. The van der Waals surface area contributed by atoms with Gasteiger partial charge in [-0.1, -0.05) is 6.07 Å². The second-order valence-corrected chi connectivity index (χ2v) is 5.04. The Balaban J connectivity index is 1.93. The van der Waals surface area contributed by atoms with Crippen LogP contribution >= 0.6 is 0 Å². The fourth-order valence-corrected chi connectivity index (χ4v) is 2.37. The Morgan fingerprint density at radius 1 is 1.20 bits per heavy atom. The van der Waals surface area contributed by atoms with Crippen molar-refractivity contribution >= 4 is 11.6 Å². The van der Waals surface area contributed by atoms with E-state index < -0.39 is 0 Å². The number of hydrogen-bond donors (Lipinski definition) is 1. The molecule has 1 saturated heterocycles. The van der Waals surface area contributed by atoms with Crippen LogP contribution in [0.3, 0.4) is 0 Å². The summed E-state index contributed by atoms with van der Waals surface area (Å²) in [7, 11) is 0. The third kappa shape index (κ3) is 2.34. The van der Waals surface area contributed by atoms with Gasteiger partial charge >= 0.3 is 0 Å². The van der Waals surface area contributed by atoms with E-state index in [-0.39, 0.29) is 0 Å². The standard InChI is InChI=1S/C14H18N4O2/c1-9-7-10(2)12(15)11(8-9)13-16-14(17-20-13)18-3-5-19-6-4-18/h7-8H,3-6,15H2,1-2H3. The van der Waals surface area contributed by atoms with E-state index in [0.29, 0.717) is 30.7 Å². The van der Waals surface area contributed by atoms with E-state index >= 15 is 0 Å². The molecule has 1 aliphatic heterocycles. The van der Waals surface area contributed by atoms with Gasteiger partial charge in [0.1, 0.15) is 0 Å². The van der Waals surface area contributed by atoms with Crippen molar-refractivity contribution < 1.29 is 9.26 Å². The highest BCUT2D eigenvalue weighted by Gasteiger charge is 2.19. The van der Waals surface area contributed by atoms with Crippen molar-refractivity contribution in [3.05, 3.63) is 23.3 Å². The Morgan fingerprint density at radius 2 is 1.95 bits per heavy atom. The quantitative estimate of drug-likeness (QED) is 0.841. The lowest BCUT2D eigenvalue weighted by atomic mass is 10.0. The topological polar surface area (TPSA) is 77.4 Å². The molecule has 6 heteroatoms. The van der Waals surface area contributed by atoms with Crippen LogP contribution in [0.25, 0.3) is 11.5 Å². The molecule has 1 aromatic heterocycles. The van der Waals surface area contributed by atoms with Gasteiger partial charge < -0.3 is 19.9 Å². The highest BCUT2D eigenvalue weighted by atomic mass is 16.5. The number of nitrogens with zero attached hydrogens (tertiary/aromatic N) is 3. The van der Waals surface area contributed by atoms with E-state index in [1.807, 2.05) is 26.0 Å². The lowest BCUT2D eigenvalue weighted by Crippen LogP contribution is -2.36. The summed E-state index contributed by atoms with van der Waals surface area (Å²) in [5.74, 6) is 1.07. The third-order valence-corrected chi connectivity index (χ3v) is 3.47. The number of aryl methyl sites for hydroxylation is 2. The smallest absolute Gasteiger partial charge is 0.266 e. The molecular weight excluding hydrogens is 256 g/mol. The highest BCUT2D eigenvalue weighted by Crippen LogP contribution is 2.29. The van der Waals surface area contributed by atoms with Gasteiger partial charge in [0.15, 0.2) is 0 Å². The molecule has 1 aromatic carbocycles. The van der Waals surface area contributed by atoms with Crippen molar-refractivity contribution in [1.82, 2.24) is 10.1 Å². The van der Waals surface area contributed by atoms with Gasteiger partial charge in [0, 0.05) is 18.8 Å². The zero-order valence-corrected chi connectivity index (χ0v) is 11.7. The second kappa shape index (κ2) is 5.13. The number of nitrogens with two attached hydrogens (primary N) is 1. The van der Waals surface area contributed by atoms with E-state index in [1.165, 1.54) is 0 Å². The van der Waals surface area contributed by atoms with E-state index in [2.05, 4.69) is 15.0 Å². The van der Waals surface area contributed by atoms with Crippen molar-refractivity contribution in [3.8, 4) is 11.5 Å². The molecule has 0 saturated carbocycles. The minimum atomic E-state index is 0.468. The minimum absolute atomic E-state index is 0.468. The molecule has 1 aliphatic rings. The van der Waals surface area contributed by atoms with Crippen LogP contribution in [0.5, 0.6) is 0 Å². The Hall–Kier alpha value is -2.08. The van der Waals surface area contributed by atoms with Crippen molar-refractivity contribution in [1.29, 1.82) is 0 Å². The van der Waals surface area contributed by atoms with Crippen LogP contribution in [0.1, 0.15) is 11.1 Å². The largest absolute Gasteiger partial charge is 0.398 e. The molecule has 0 aliphatic carbocycles. The fraction of sp³-hybridized carbons (Fsp3) is 0.429. The number of benzene rings is 1. The number of anilines is 2. The number of morpholine rings is 1. The van der Waals surface area contributed by atoms with Gasteiger partial charge in [-0.3, -0.25) is 0 Å². The van der Waals surface area contributed by atoms with Gasteiger partial charge in [0.05, 0.1) is 18.8 Å². The molecule has 20 heavy (non-hydrogen) atoms. The number of aromatic nitrogens is 2. The molecule has 106 valence electrons. The molecule has 1 fully saturated rings. The Bertz CT molecular complexity index is 618. The zero-order valence-electron chi connectivity index (χ0n) is 11.7. The van der Waals surface area contributed by atoms with Crippen molar-refractivity contribution in [2.24, 2.45) is 0 Å². The molecule has 0 bridgehead atoms. The molecule has 0 spiro atoms. The van der Waals surface area contributed by atoms with E-state index in [0.717, 1.165) is 29.8 Å². The summed E-state index contributed by atoms with van der Waals surface area (Å²) < 4.78 is 10.7. The summed E-state index contributed by atoms with van der Waals surface area (Å²) in [6.45, 7) is 6.94. The average molecular weight is 274 g/mol. The molecule has 2 aromatic rings. The molecular formula is C14H18N4O2. The summed E-state index contributed by atoms with van der Waals surface area (Å²) in [5.41, 5.74) is 9.74. The van der Waals surface area contributed by atoms with Crippen LogP contribution in [0.2, 0.25) is 0 Å². The van der Waals surface area contributed by atoms with Crippen molar-refractivity contribution in [2.45, 2.75) is 13.8 Å². The van der Waals surface area contributed by atoms with Gasteiger partial charge in [-0.25, -0.2) is 0 Å². The summed E-state index contributed by atoms with van der Waals surface area (Å²) in [5, 5.41) is 4.05. The van der Waals surface area contributed by atoms with Crippen LogP contribution in [-0.4, -0.2) is 36.4 Å². The van der Waals surface area contributed by atoms with E-state index in [9.17, 15) is 0 Å². The average Bonchev–Trinajstić information content (AvgIpc) is 2.93. The fourth-order valence-electron chi connectivity index (χ4n) is 2.37. The van der Waals surface area contributed by atoms with Gasteiger partial charge in [0.25, 0.3) is 11.8 Å². The molecule has 6 nitrogen and oxygen atoms in total. The van der Waals surface area contributed by atoms with Crippen LogP contribution < -0.4 is 10.6 Å². The Kier molecular flexibility index (Phi) is 3.31. The zero-order chi connectivity index (χ0) is 14.1. The van der Waals surface area contributed by atoms with E-state index in [4.69, 9.17) is 15.0 Å². The monoisotopic (exact) mass is 274 g/mol. The SMILES string of the molecule is Cc1cc(C)c(N)c(-c2nc(N3CCOCC3)no2)c1. The molecule has 0 radical (unpaired) electrons. The van der Waals surface area contributed by atoms with Gasteiger partial charge in [-0.05, 0) is 36.2 Å². The minimum Gasteiger partial charge on any atom is -0.398 e. The van der Waals surface area contributed by atoms with E-state index in [1.54, 1.807) is 0 Å². The van der Waals surface area contributed by atoms with Crippen LogP contribution in [0.4, 0.5) is 11.6 Å². The first-order valence-electron chi connectivity index (χ1n) is 6.68. The van der Waals surface area contributed by atoms with Crippen LogP contribution in [0, 0.1) is 13.8 Å². The second-order valence-electron chi connectivity index (χ2n) is 5.04.